The molecule has 7 nitrogen and oxygen atoms in total. The maximum Gasteiger partial charge on any atom is 0.269 e. The van der Waals surface area contributed by atoms with Gasteiger partial charge in [-0.05, 0) is 23.6 Å². The third-order valence-corrected chi connectivity index (χ3v) is 7.26. The van der Waals surface area contributed by atoms with Crippen LogP contribution in [-0.4, -0.2) is 40.9 Å². The lowest BCUT2D eigenvalue weighted by atomic mass is 10.2. The molecule has 1 aliphatic heterocycles. The second-order valence-electron chi connectivity index (χ2n) is 5.24. The minimum Gasteiger partial charge on any atom is -0.301 e. The highest BCUT2D eigenvalue weighted by molar-refractivity contribution is 7.99. The molecule has 1 amide bonds. The summed E-state index contributed by atoms with van der Waals surface area (Å²) in [5.41, 5.74) is -0.0370. The Balaban J connectivity index is 1.52. The fraction of sp³-hybridized carbons (Fsp3) is 0.133. The molecule has 0 saturated carbocycles. The Morgan fingerprint density at radius 1 is 1.20 bits per heavy atom. The summed E-state index contributed by atoms with van der Waals surface area (Å²) < 4.78 is 25.8. The quantitative estimate of drug-likeness (QED) is 0.537. The average Bonchev–Trinajstić information content (AvgIpc) is 3.13. The maximum atomic E-state index is 12.5. The van der Waals surface area contributed by atoms with Gasteiger partial charge in [0.25, 0.3) is 21.5 Å². The molecule has 10 heteroatoms. The number of nitrogens with one attached hydrogen (secondary N) is 1. The standard InChI is InChI=1S/C15H11N3O4S3/c19-12-10-5-7-23-13(10)17-15(16-12)24-8-6-18-14(20)9-3-1-2-4-11(9)25(18,21)22/h1-5,7H,6,8H2,(H,16,17,19). The molecular weight excluding hydrogens is 382 g/mol. The number of amides is 1. The molecule has 0 atom stereocenters. The first-order chi connectivity index (χ1) is 12.0. The van der Waals surface area contributed by atoms with Gasteiger partial charge in [-0.15, -0.1) is 11.3 Å². The molecule has 1 aromatic carbocycles. The second kappa shape index (κ2) is 5.97. The van der Waals surface area contributed by atoms with Crippen molar-refractivity contribution in [3.8, 4) is 0 Å². The minimum atomic E-state index is -3.80. The van der Waals surface area contributed by atoms with Gasteiger partial charge in [-0.2, -0.15) is 0 Å². The monoisotopic (exact) mass is 393 g/mol. The lowest BCUT2D eigenvalue weighted by molar-refractivity contribution is 0.0876. The fourth-order valence-electron chi connectivity index (χ4n) is 2.59. The van der Waals surface area contributed by atoms with Gasteiger partial charge < -0.3 is 4.98 Å². The molecule has 25 heavy (non-hydrogen) atoms. The van der Waals surface area contributed by atoms with Crippen LogP contribution < -0.4 is 5.56 Å². The number of thioether (sulfide) groups is 1. The molecule has 0 spiro atoms. The van der Waals surface area contributed by atoms with E-state index in [0.717, 1.165) is 4.31 Å². The zero-order valence-electron chi connectivity index (χ0n) is 12.6. The molecule has 0 saturated heterocycles. The third kappa shape index (κ3) is 2.66. The molecule has 0 fully saturated rings. The first kappa shape index (κ1) is 16.3. The molecule has 0 aliphatic carbocycles. The first-order valence-electron chi connectivity index (χ1n) is 7.25. The number of hydrogen-bond acceptors (Lipinski definition) is 7. The SMILES string of the molecule is O=C1c2ccccc2S(=O)(=O)N1CCSc1nc2sccc2c(=O)[nH]1. The van der Waals surface area contributed by atoms with Crippen molar-refractivity contribution >= 4 is 49.2 Å². The molecule has 3 aromatic rings. The van der Waals surface area contributed by atoms with E-state index in [1.807, 2.05) is 0 Å². The number of benzene rings is 1. The lowest BCUT2D eigenvalue weighted by Gasteiger charge is -2.14. The Morgan fingerprint density at radius 3 is 2.80 bits per heavy atom. The minimum absolute atomic E-state index is 0.00665. The highest BCUT2D eigenvalue weighted by atomic mass is 32.2. The summed E-state index contributed by atoms with van der Waals surface area (Å²) >= 11 is 2.56. The van der Waals surface area contributed by atoms with Crippen LogP contribution in [0.3, 0.4) is 0 Å². The number of sulfonamides is 1. The Kier molecular flexibility index (Phi) is 3.89. The van der Waals surface area contributed by atoms with Gasteiger partial charge in [-0.3, -0.25) is 9.59 Å². The Morgan fingerprint density at radius 2 is 2.00 bits per heavy atom. The van der Waals surface area contributed by atoms with E-state index in [9.17, 15) is 18.0 Å². The van der Waals surface area contributed by atoms with Crippen LogP contribution in [0, 0.1) is 0 Å². The van der Waals surface area contributed by atoms with E-state index in [0.29, 0.717) is 21.1 Å². The number of fused-ring (bicyclic) bond motifs is 2. The molecule has 0 radical (unpaired) electrons. The van der Waals surface area contributed by atoms with E-state index >= 15 is 0 Å². The third-order valence-electron chi connectivity index (χ3n) is 3.76. The van der Waals surface area contributed by atoms with Crippen molar-refractivity contribution in [1.29, 1.82) is 0 Å². The topological polar surface area (TPSA) is 100 Å². The largest absolute Gasteiger partial charge is 0.301 e. The molecule has 128 valence electrons. The number of carbonyl (C=O) groups excluding carboxylic acids is 1. The normalized spacial score (nSPS) is 15.7. The maximum absolute atomic E-state index is 12.5. The van der Waals surface area contributed by atoms with Gasteiger partial charge in [0.05, 0.1) is 10.9 Å². The summed E-state index contributed by atoms with van der Waals surface area (Å²) in [7, 11) is -3.80. The Labute approximate surface area is 150 Å². The van der Waals surface area contributed by atoms with Gasteiger partial charge in [-0.1, -0.05) is 23.9 Å². The van der Waals surface area contributed by atoms with Crippen molar-refractivity contribution in [2.24, 2.45) is 0 Å². The average molecular weight is 393 g/mol. The van der Waals surface area contributed by atoms with Crippen LogP contribution in [0.5, 0.6) is 0 Å². The highest BCUT2D eigenvalue weighted by Gasteiger charge is 2.40. The number of rotatable bonds is 4. The number of aromatic nitrogens is 2. The van der Waals surface area contributed by atoms with Gasteiger partial charge in [0.1, 0.15) is 9.73 Å². The molecule has 1 aliphatic rings. The molecule has 2 aromatic heterocycles. The van der Waals surface area contributed by atoms with Crippen LogP contribution in [0.1, 0.15) is 10.4 Å². The summed E-state index contributed by atoms with van der Waals surface area (Å²) in [4.78, 5) is 31.9. The van der Waals surface area contributed by atoms with Crippen LogP contribution in [0.4, 0.5) is 0 Å². The number of hydrogen-bond donors (Lipinski definition) is 1. The molecule has 4 rings (SSSR count). The zero-order valence-corrected chi connectivity index (χ0v) is 15.1. The van der Waals surface area contributed by atoms with Crippen molar-refractivity contribution in [1.82, 2.24) is 14.3 Å². The predicted octanol–water partition coefficient (Wildman–Crippen LogP) is 1.92. The van der Waals surface area contributed by atoms with Gasteiger partial charge in [0.2, 0.25) is 0 Å². The summed E-state index contributed by atoms with van der Waals surface area (Å²) in [5.74, 6) is -0.231. The Bertz CT molecular complexity index is 1150. The summed E-state index contributed by atoms with van der Waals surface area (Å²) in [6.45, 7) is 0.00665. The van der Waals surface area contributed by atoms with Crippen molar-refractivity contribution < 1.29 is 13.2 Å². The number of nitrogens with zero attached hydrogens (tertiary/aromatic N) is 2. The van der Waals surface area contributed by atoms with E-state index in [2.05, 4.69) is 9.97 Å². The molecule has 0 unspecified atom stereocenters. The number of H-pyrrole nitrogens is 1. The Hall–Kier alpha value is -2.17. The number of carbonyl (C=O) groups is 1. The van der Waals surface area contributed by atoms with E-state index < -0.39 is 15.9 Å². The molecule has 0 bridgehead atoms. The smallest absolute Gasteiger partial charge is 0.269 e. The molecule has 1 N–H and O–H groups in total. The highest BCUT2D eigenvalue weighted by Crippen LogP contribution is 2.30. The van der Waals surface area contributed by atoms with Gasteiger partial charge in [0.15, 0.2) is 5.16 Å². The van der Waals surface area contributed by atoms with E-state index in [-0.39, 0.29) is 22.6 Å². The van der Waals surface area contributed by atoms with Crippen LogP contribution in [0.2, 0.25) is 0 Å². The second-order valence-corrected chi connectivity index (χ2v) is 9.05. The van der Waals surface area contributed by atoms with E-state index in [1.165, 1.54) is 35.2 Å². The van der Waals surface area contributed by atoms with Crippen molar-refractivity contribution in [2.75, 3.05) is 12.3 Å². The summed E-state index contributed by atoms with van der Waals surface area (Å²) in [5, 5.41) is 2.72. The first-order valence-corrected chi connectivity index (χ1v) is 10.6. The number of thiophene rings is 1. The fourth-order valence-corrected chi connectivity index (χ4v) is 5.89. The molecule has 3 heterocycles. The van der Waals surface area contributed by atoms with Gasteiger partial charge in [-0.25, -0.2) is 17.7 Å². The van der Waals surface area contributed by atoms with Crippen LogP contribution >= 0.6 is 23.1 Å². The van der Waals surface area contributed by atoms with Crippen LogP contribution in [0.15, 0.2) is 50.6 Å². The van der Waals surface area contributed by atoms with E-state index in [4.69, 9.17) is 0 Å². The zero-order chi connectivity index (χ0) is 17.6. The summed E-state index contributed by atoms with van der Waals surface area (Å²) in [6, 6.07) is 7.86. The van der Waals surface area contributed by atoms with Crippen molar-refractivity contribution in [2.45, 2.75) is 10.1 Å². The molecular formula is C15H11N3O4S3. The van der Waals surface area contributed by atoms with E-state index in [1.54, 1.807) is 23.6 Å². The summed E-state index contributed by atoms with van der Waals surface area (Å²) in [6.07, 6.45) is 0. The van der Waals surface area contributed by atoms with Gasteiger partial charge in [0, 0.05) is 12.3 Å². The number of aromatic amines is 1. The van der Waals surface area contributed by atoms with Gasteiger partial charge >= 0.3 is 0 Å². The van der Waals surface area contributed by atoms with Crippen molar-refractivity contribution in [3.63, 3.8) is 0 Å². The predicted molar refractivity (Wildman–Crippen MR) is 95.6 cm³/mol. The lowest BCUT2D eigenvalue weighted by Crippen LogP contribution is -2.32. The van der Waals surface area contributed by atoms with Crippen LogP contribution in [-0.2, 0) is 10.0 Å². The van der Waals surface area contributed by atoms with Crippen molar-refractivity contribution in [3.05, 3.63) is 51.6 Å². The van der Waals surface area contributed by atoms with Crippen LogP contribution in [0.25, 0.3) is 10.2 Å².